The van der Waals surface area contributed by atoms with Gasteiger partial charge in [-0.3, -0.25) is 9.59 Å². The minimum atomic E-state index is -0.756. The van der Waals surface area contributed by atoms with Crippen molar-refractivity contribution in [2.24, 2.45) is 11.8 Å². The maximum atomic E-state index is 11.7. The largest absolute Gasteiger partial charge is 0.481 e. The standard InChI is InChI=1S/C13H21NO3/c15-12(9-7-8-9)14-11-6-4-2-1-3-5-10(11)13(16)17/h9-11H,1-8H2,(H,14,15)(H,16,17). The van der Waals surface area contributed by atoms with Crippen molar-refractivity contribution >= 4 is 11.9 Å². The van der Waals surface area contributed by atoms with Crippen LogP contribution in [0.3, 0.4) is 0 Å². The van der Waals surface area contributed by atoms with E-state index < -0.39 is 11.9 Å². The van der Waals surface area contributed by atoms with Gasteiger partial charge >= 0.3 is 5.97 Å². The summed E-state index contributed by atoms with van der Waals surface area (Å²) in [6.07, 6.45) is 7.72. The molecule has 2 atom stereocenters. The van der Waals surface area contributed by atoms with E-state index in [1.165, 1.54) is 0 Å². The lowest BCUT2D eigenvalue weighted by molar-refractivity contribution is -0.143. The Morgan fingerprint density at radius 3 is 2.18 bits per heavy atom. The summed E-state index contributed by atoms with van der Waals surface area (Å²) in [6.45, 7) is 0. The molecule has 0 radical (unpaired) electrons. The monoisotopic (exact) mass is 239 g/mol. The lowest BCUT2D eigenvalue weighted by Crippen LogP contribution is -2.44. The van der Waals surface area contributed by atoms with Crippen molar-refractivity contribution in [3.8, 4) is 0 Å². The van der Waals surface area contributed by atoms with E-state index in [2.05, 4.69) is 5.32 Å². The quantitative estimate of drug-likeness (QED) is 0.791. The zero-order valence-electron chi connectivity index (χ0n) is 10.2. The van der Waals surface area contributed by atoms with Gasteiger partial charge in [0.1, 0.15) is 0 Å². The first kappa shape index (κ1) is 12.4. The maximum absolute atomic E-state index is 11.7. The third kappa shape index (κ3) is 3.45. The number of nitrogens with one attached hydrogen (secondary N) is 1. The normalized spacial score (nSPS) is 30.1. The Bertz CT molecular complexity index is 299. The van der Waals surface area contributed by atoms with Crippen LogP contribution >= 0.6 is 0 Å². The number of carbonyl (C=O) groups excluding carboxylic acids is 1. The first-order chi connectivity index (χ1) is 8.18. The fourth-order valence-corrected chi connectivity index (χ4v) is 2.60. The Labute approximate surface area is 102 Å². The van der Waals surface area contributed by atoms with Crippen LogP contribution < -0.4 is 5.32 Å². The molecule has 2 fully saturated rings. The van der Waals surface area contributed by atoms with Crippen LogP contribution in [0.15, 0.2) is 0 Å². The molecule has 96 valence electrons. The Kier molecular flexibility index (Phi) is 4.02. The van der Waals surface area contributed by atoms with Gasteiger partial charge in [-0.2, -0.15) is 0 Å². The second-order valence-electron chi connectivity index (χ2n) is 5.33. The Morgan fingerprint density at radius 2 is 1.59 bits per heavy atom. The second kappa shape index (κ2) is 5.52. The molecule has 0 aromatic heterocycles. The number of hydrogen-bond acceptors (Lipinski definition) is 2. The van der Waals surface area contributed by atoms with E-state index in [0.29, 0.717) is 6.42 Å². The molecule has 0 aromatic rings. The van der Waals surface area contributed by atoms with Gasteiger partial charge in [0.2, 0.25) is 5.91 Å². The Hall–Kier alpha value is -1.06. The molecule has 0 aliphatic heterocycles. The zero-order valence-corrected chi connectivity index (χ0v) is 10.2. The van der Waals surface area contributed by atoms with Crippen molar-refractivity contribution in [1.29, 1.82) is 0 Å². The van der Waals surface area contributed by atoms with Crippen LogP contribution in [0.5, 0.6) is 0 Å². The van der Waals surface area contributed by atoms with Gasteiger partial charge in [0, 0.05) is 12.0 Å². The molecule has 2 N–H and O–H groups in total. The Balaban J connectivity index is 1.96. The van der Waals surface area contributed by atoms with Crippen LogP contribution in [0.25, 0.3) is 0 Å². The predicted molar refractivity (Wildman–Crippen MR) is 63.5 cm³/mol. The average Bonchev–Trinajstić information content (AvgIpc) is 3.04. The number of hydrogen-bond donors (Lipinski definition) is 2. The van der Waals surface area contributed by atoms with Gasteiger partial charge in [-0.05, 0) is 25.7 Å². The molecule has 1 amide bonds. The molecule has 17 heavy (non-hydrogen) atoms. The van der Waals surface area contributed by atoms with Gasteiger partial charge in [0.05, 0.1) is 5.92 Å². The van der Waals surface area contributed by atoms with Crippen molar-refractivity contribution in [2.45, 2.75) is 57.4 Å². The highest BCUT2D eigenvalue weighted by molar-refractivity contribution is 5.82. The highest BCUT2D eigenvalue weighted by atomic mass is 16.4. The number of rotatable bonds is 3. The summed E-state index contributed by atoms with van der Waals surface area (Å²) in [7, 11) is 0. The topological polar surface area (TPSA) is 66.4 Å². The number of carboxylic acid groups (broad SMARTS) is 1. The van der Waals surface area contributed by atoms with Crippen molar-refractivity contribution < 1.29 is 14.7 Å². The number of carboxylic acids is 1. The SMILES string of the molecule is O=C(NC1CCCCCCC1C(=O)O)C1CC1. The molecule has 2 aliphatic carbocycles. The zero-order chi connectivity index (χ0) is 12.3. The van der Waals surface area contributed by atoms with E-state index in [9.17, 15) is 14.7 Å². The molecule has 0 heterocycles. The highest BCUT2D eigenvalue weighted by Gasteiger charge is 2.35. The third-order valence-electron chi connectivity index (χ3n) is 3.86. The van der Waals surface area contributed by atoms with Gasteiger partial charge in [0.15, 0.2) is 0 Å². The minimum absolute atomic E-state index is 0.0711. The predicted octanol–water partition coefficient (Wildman–Crippen LogP) is 1.94. The van der Waals surface area contributed by atoms with Crippen LogP contribution in [0.1, 0.15) is 51.4 Å². The van der Waals surface area contributed by atoms with Gasteiger partial charge in [0.25, 0.3) is 0 Å². The van der Waals surface area contributed by atoms with Crippen LogP contribution in [0.2, 0.25) is 0 Å². The van der Waals surface area contributed by atoms with E-state index in [1.807, 2.05) is 0 Å². The summed E-state index contributed by atoms with van der Waals surface area (Å²) in [5.74, 6) is -0.914. The molecule has 2 saturated carbocycles. The maximum Gasteiger partial charge on any atom is 0.308 e. The first-order valence-electron chi connectivity index (χ1n) is 6.71. The second-order valence-corrected chi connectivity index (χ2v) is 5.33. The van der Waals surface area contributed by atoms with Crippen LogP contribution in [-0.2, 0) is 9.59 Å². The lowest BCUT2D eigenvalue weighted by atomic mass is 9.86. The first-order valence-corrected chi connectivity index (χ1v) is 6.71. The summed E-state index contributed by atoms with van der Waals surface area (Å²) in [6, 6.07) is -0.152. The molecule has 4 nitrogen and oxygen atoms in total. The van der Waals surface area contributed by atoms with E-state index >= 15 is 0 Å². The van der Waals surface area contributed by atoms with Gasteiger partial charge in [-0.25, -0.2) is 0 Å². The van der Waals surface area contributed by atoms with E-state index in [1.54, 1.807) is 0 Å². The molecular weight excluding hydrogens is 218 g/mol. The number of carbonyl (C=O) groups is 2. The van der Waals surface area contributed by atoms with Crippen molar-refractivity contribution in [2.75, 3.05) is 0 Å². The summed E-state index contributed by atoms with van der Waals surface area (Å²) in [5, 5.41) is 12.2. The average molecular weight is 239 g/mol. The molecule has 4 heteroatoms. The van der Waals surface area contributed by atoms with Crippen molar-refractivity contribution in [1.82, 2.24) is 5.32 Å². The fraction of sp³-hybridized carbons (Fsp3) is 0.846. The van der Waals surface area contributed by atoms with Crippen molar-refractivity contribution in [3.63, 3.8) is 0 Å². The summed E-state index contributed by atoms with van der Waals surface area (Å²) in [5.41, 5.74) is 0. The van der Waals surface area contributed by atoms with E-state index in [0.717, 1.165) is 44.9 Å². The van der Waals surface area contributed by atoms with Gasteiger partial charge in [-0.1, -0.05) is 25.7 Å². The molecule has 2 unspecified atom stereocenters. The lowest BCUT2D eigenvalue weighted by Gasteiger charge is -2.27. The summed E-state index contributed by atoms with van der Waals surface area (Å²) >= 11 is 0. The van der Waals surface area contributed by atoms with Gasteiger partial charge in [-0.15, -0.1) is 0 Å². The number of amides is 1. The summed E-state index contributed by atoms with van der Waals surface area (Å²) < 4.78 is 0. The molecular formula is C13H21NO3. The van der Waals surface area contributed by atoms with Crippen LogP contribution in [0.4, 0.5) is 0 Å². The smallest absolute Gasteiger partial charge is 0.308 e. The van der Waals surface area contributed by atoms with Crippen LogP contribution in [-0.4, -0.2) is 23.0 Å². The molecule has 0 spiro atoms. The van der Waals surface area contributed by atoms with Gasteiger partial charge < -0.3 is 10.4 Å². The molecule has 2 aliphatic rings. The summed E-state index contributed by atoms with van der Waals surface area (Å²) in [4.78, 5) is 23.0. The van der Waals surface area contributed by atoms with Crippen molar-refractivity contribution in [3.05, 3.63) is 0 Å². The highest BCUT2D eigenvalue weighted by Crippen LogP contribution is 2.30. The minimum Gasteiger partial charge on any atom is -0.481 e. The fourth-order valence-electron chi connectivity index (χ4n) is 2.60. The molecule has 0 bridgehead atoms. The number of aliphatic carboxylic acids is 1. The molecule has 0 saturated heterocycles. The van der Waals surface area contributed by atoms with E-state index in [-0.39, 0.29) is 17.9 Å². The van der Waals surface area contributed by atoms with Crippen LogP contribution in [0, 0.1) is 11.8 Å². The molecule has 2 rings (SSSR count). The third-order valence-corrected chi connectivity index (χ3v) is 3.86. The van der Waals surface area contributed by atoms with E-state index in [4.69, 9.17) is 0 Å². The molecule has 0 aromatic carbocycles. The Morgan fingerprint density at radius 1 is 0.941 bits per heavy atom.